The largest absolute Gasteiger partial charge is 0.495 e. The summed E-state index contributed by atoms with van der Waals surface area (Å²) in [5, 5.41) is 6.77. The van der Waals surface area contributed by atoms with Crippen LogP contribution in [0.2, 0.25) is 0 Å². The van der Waals surface area contributed by atoms with Crippen molar-refractivity contribution >= 4 is 78.3 Å². The summed E-state index contributed by atoms with van der Waals surface area (Å²) >= 11 is 0. The van der Waals surface area contributed by atoms with Gasteiger partial charge in [-0.2, -0.15) is 0 Å². The van der Waals surface area contributed by atoms with Gasteiger partial charge in [0.1, 0.15) is 22.3 Å². The summed E-state index contributed by atoms with van der Waals surface area (Å²) in [6.07, 6.45) is 0. The van der Waals surface area contributed by atoms with Crippen molar-refractivity contribution in [2.45, 2.75) is 38.9 Å². The molecule has 1 saturated heterocycles. The summed E-state index contributed by atoms with van der Waals surface area (Å²) in [7, 11) is -0.487. The van der Waals surface area contributed by atoms with E-state index in [4.69, 9.17) is 18.1 Å². The Morgan fingerprint density at radius 1 is 0.463 bits per heavy atom. The highest BCUT2D eigenvalue weighted by Crippen LogP contribution is 2.41. The fourth-order valence-corrected chi connectivity index (χ4v) is 8.40. The average molecular weight is 702 g/mol. The molecule has 260 valence electrons. The van der Waals surface area contributed by atoms with Crippen molar-refractivity contribution in [2.24, 2.45) is 0 Å². The van der Waals surface area contributed by atoms with E-state index in [1.165, 1.54) is 16.3 Å². The highest BCUT2D eigenvalue weighted by molar-refractivity contribution is 6.66. The van der Waals surface area contributed by atoms with Gasteiger partial charge in [0.05, 0.1) is 22.2 Å². The Kier molecular flexibility index (Phi) is 6.53. The molecular formula is C48H36BNO4. The molecule has 54 heavy (non-hydrogen) atoms. The SMILES string of the molecule is CC1(C)OB(c2cccc3oc4ccc(-c5ccc6c(c5)c5ccccc5n6-c5ccc(-c6cccc7c6oc6ccccc67)cc5)cc4c23)OC1(C)C. The van der Waals surface area contributed by atoms with Gasteiger partial charge in [-0.15, -0.1) is 0 Å². The molecule has 7 aromatic carbocycles. The van der Waals surface area contributed by atoms with E-state index in [0.29, 0.717) is 0 Å². The zero-order valence-electron chi connectivity index (χ0n) is 30.5. The molecule has 1 aliphatic heterocycles. The van der Waals surface area contributed by atoms with Crippen LogP contribution in [0.25, 0.3) is 93.6 Å². The first-order valence-corrected chi connectivity index (χ1v) is 18.6. The monoisotopic (exact) mass is 701 g/mol. The minimum atomic E-state index is -0.487. The van der Waals surface area contributed by atoms with Gasteiger partial charge in [-0.3, -0.25) is 0 Å². The number of aromatic nitrogens is 1. The molecule has 0 radical (unpaired) electrons. The van der Waals surface area contributed by atoms with Crippen molar-refractivity contribution in [3.05, 3.63) is 146 Å². The maximum Gasteiger partial charge on any atom is 0.495 e. The summed E-state index contributed by atoms with van der Waals surface area (Å²) in [5.74, 6) is 0. The smallest absolute Gasteiger partial charge is 0.456 e. The van der Waals surface area contributed by atoms with E-state index in [9.17, 15) is 0 Å². The van der Waals surface area contributed by atoms with Gasteiger partial charge in [0, 0.05) is 43.6 Å². The Bertz CT molecular complexity index is 3110. The number of hydrogen-bond donors (Lipinski definition) is 0. The molecule has 11 rings (SSSR count). The third-order valence-corrected chi connectivity index (χ3v) is 11.9. The van der Waals surface area contributed by atoms with Gasteiger partial charge in [0.2, 0.25) is 0 Å². The fourth-order valence-electron chi connectivity index (χ4n) is 8.40. The lowest BCUT2D eigenvalue weighted by Crippen LogP contribution is -2.41. The minimum absolute atomic E-state index is 0.439. The predicted octanol–water partition coefficient (Wildman–Crippen LogP) is 12.2. The predicted molar refractivity (Wildman–Crippen MR) is 222 cm³/mol. The standard InChI is InChI=1S/C48H36BNO4/c1-47(2)48(3,4)54-49(53-47)39-15-10-18-44-45(39)38-28-31(22-26-43(38)51-44)30-21-25-41-37(27-30)34-11-5-7-16-40(34)50(41)32-23-19-29(20-24-32)33-13-9-14-36-35-12-6-8-17-42(35)52-46(33)36/h5-28H,1-4H3. The van der Waals surface area contributed by atoms with E-state index in [2.05, 4.69) is 154 Å². The Hall–Kier alpha value is -6.08. The van der Waals surface area contributed by atoms with Gasteiger partial charge >= 0.3 is 7.12 Å². The van der Waals surface area contributed by atoms with Crippen molar-refractivity contribution in [3.8, 4) is 27.9 Å². The number of rotatable bonds is 4. The maximum atomic E-state index is 6.51. The summed E-state index contributed by atoms with van der Waals surface area (Å²) in [4.78, 5) is 0. The average Bonchev–Trinajstić information content (AvgIpc) is 3.91. The Balaban J connectivity index is 1.01. The van der Waals surface area contributed by atoms with Crippen molar-refractivity contribution in [2.75, 3.05) is 0 Å². The van der Waals surface area contributed by atoms with Crippen LogP contribution in [0.15, 0.2) is 154 Å². The molecule has 0 bridgehead atoms. The van der Waals surface area contributed by atoms with Crippen LogP contribution >= 0.6 is 0 Å². The van der Waals surface area contributed by atoms with E-state index < -0.39 is 18.3 Å². The van der Waals surface area contributed by atoms with E-state index in [0.717, 1.165) is 82.8 Å². The maximum absolute atomic E-state index is 6.51. The minimum Gasteiger partial charge on any atom is -0.456 e. The van der Waals surface area contributed by atoms with Gasteiger partial charge < -0.3 is 22.7 Å². The van der Waals surface area contributed by atoms with Crippen LogP contribution in [0.5, 0.6) is 0 Å². The van der Waals surface area contributed by atoms with Gasteiger partial charge in [-0.05, 0) is 104 Å². The number of furan rings is 2. The van der Waals surface area contributed by atoms with Crippen LogP contribution < -0.4 is 5.46 Å². The third kappa shape index (κ3) is 4.54. The lowest BCUT2D eigenvalue weighted by Gasteiger charge is -2.32. The zero-order valence-corrected chi connectivity index (χ0v) is 30.5. The van der Waals surface area contributed by atoms with E-state index >= 15 is 0 Å². The first-order chi connectivity index (χ1) is 26.2. The lowest BCUT2D eigenvalue weighted by atomic mass is 9.76. The highest BCUT2D eigenvalue weighted by atomic mass is 16.7. The van der Waals surface area contributed by atoms with Gasteiger partial charge in [0.15, 0.2) is 0 Å². The van der Waals surface area contributed by atoms with Crippen molar-refractivity contribution < 1.29 is 18.1 Å². The highest BCUT2D eigenvalue weighted by Gasteiger charge is 2.52. The molecule has 0 atom stereocenters. The van der Waals surface area contributed by atoms with E-state index in [-0.39, 0.29) is 0 Å². The summed E-state index contributed by atoms with van der Waals surface area (Å²) in [6, 6.07) is 51.6. The second-order valence-corrected chi connectivity index (χ2v) is 15.5. The van der Waals surface area contributed by atoms with Crippen LogP contribution in [0.1, 0.15) is 27.7 Å². The fraction of sp³-hybridized carbons (Fsp3) is 0.125. The molecule has 0 amide bonds. The molecule has 0 spiro atoms. The molecule has 1 aliphatic rings. The second kappa shape index (κ2) is 11.2. The van der Waals surface area contributed by atoms with Crippen molar-refractivity contribution in [1.82, 2.24) is 4.57 Å². The van der Waals surface area contributed by atoms with Crippen molar-refractivity contribution in [1.29, 1.82) is 0 Å². The van der Waals surface area contributed by atoms with Crippen LogP contribution in [-0.2, 0) is 9.31 Å². The molecule has 0 aliphatic carbocycles. The number of para-hydroxylation sites is 3. The quantitative estimate of drug-likeness (QED) is 0.171. The van der Waals surface area contributed by atoms with Crippen LogP contribution in [0.3, 0.4) is 0 Å². The van der Waals surface area contributed by atoms with Crippen LogP contribution in [0.4, 0.5) is 0 Å². The van der Waals surface area contributed by atoms with Gasteiger partial charge in [0.25, 0.3) is 0 Å². The number of nitrogens with zero attached hydrogens (tertiary/aromatic N) is 1. The number of hydrogen-bond acceptors (Lipinski definition) is 4. The summed E-state index contributed by atoms with van der Waals surface area (Å²) < 4.78 is 28.1. The van der Waals surface area contributed by atoms with E-state index in [1.54, 1.807) is 0 Å². The summed E-state index contributed by atoms with van der Waals surface area (Å²) in [5.41, 5.74) is 11.5. The second-order valence-electron chi connectivity index (χ2n) is 15.5. The Morgan fingerprint density at radius 2 is 1.07 bits per heavy atom. The topological polar surface area (TPSA) is 49.7 Å². The molecular weight excluding hydrogens is 665 g/mol. The molecule has 4 heterocycles. The number of benzene rings is 7. The lowest BCUT2D eigenvalue weighted by molar-refractivity contribution is 0.00578. The molecule has 0 N–H and O–H groups in total. The first kappa shape index (κ1) is 31.5. The van der Waals surface area contributed by atoms with Gasteiger partial charge in [-0.25, -0.2) is 0 Å². The molecule has 6 heteroatoms. The van der Waals surface area contributed by atoms with Gasteiger partial charge in [-0.1, -0.05) is 91.0 Å². The summed E-state index contributed by atoms with van der Waals surface area (Å²) in [6.45, 7) is 8.35. The molecule has 0 unspecified atom stereocenters. The Morgan fingerprint density at radius 3 is 1.89 bits per heavy atom. The normalized spacial score (nSPS) is 15.5. The molecule has 1 fully saturated rings. The third-order valence-electron chi connectivity index (χ3n) is 11.9. The van der Waals surface area contributed by atoms with Crippen LogP contribution in [-0.4, -0.2) is 22.9 Å². The molecule has 10 aromatic rings. The van der Waals surface area contributed by atoms with E-state index in [1.807, 2.05) is 24.3 Å². The molecule has 5 nitrogen and oxygen atoms in total. The van der Waals surface area contributed by atoms with Crippen LogP contribution in [0, 0.1) is 0 Å². The first-order valence-electron chi connectivity index (χ1n) is 18.6. The molecule has 3 aromatic heterocycles. The van der Waals surface area contributed by atoms with Crippen molar-refractivity contribution in [3.63, 3.8) is 0 Å². The molecule has 0 saturated carbocycles. The zero-order chi connectivity index (χ0) is 36.3. The Labute approximate surface area is 312 Å². The number of fused-ring (bicyclic) bond motifs is 9.